The molecule has 0 bridgehead atoms. The van der Waals surface area contributed by atoms with E-state index in [-0.39, 0.29) is 5.91 Å². The van der Waals surface area contributed by atoms with Crippen LogP contribution in [0.2, 0.25) is 0 Å². The molecule has 0 unspecified atom stereocenters. The molecule has 7 nitrogen and oxygen atoms in total. The second-order valence-electron chi connectivity index (χ2n) is 7.12. The quantitative estimate of drug-likeness (QED) is 0.276. The molecular formula is C19H36N4O3. The van der Waals surface area contributed by atoms with Gasteiger partial charge in [-0.1, -0.05) is 0 Å². The maximum atomic E-state index is 11.6. The van der Waals surface area contributed by atoms with Crippen LogP contribution in [0.1, 0.15) is 51.9 Å². The highest BCUT2D eigenvalue weighted by atomic mass is 16.5. The van der Waals surface area contributed by atoms with Crippen molar-refractivity contribution in [3.8, 4) is 0 Å². The zero-order valence-electron chi connectivity index (χ0n) is 16.2. The average molecular weight is 369 g/mol. The van der Waals surface area contributed by atoms with Crippen molar-refractivity contribution in [1.29, 1.82) is 0 Å². The molecule has 1 heterocycles. The van der Waals surface area contributed by atoms with E-state index in [1.807, 2.05) is 0 Å². The summed E-state index contributed by atoms with van der Waals surface area (Å²) in [6, 6.07) is 0.443. The Morgan fingerprint density at radius 1 is 1.15 bits per heavy atom. The highest BCUT2D eigenvalue weighted by molar-refractivity contribution is 5.79. The predicted molar refractivity (Wildman–Crippen MR) is 103 cm³/mol. The van der Waals surface area contributed by atoms with Gasteiger partial charge in [0.2, 0.25) is 5.91 Å². The monoisotopic (exact) mass is 368 g/mol. The van der Waals surface area contributed by atoms with Gasteiger partial charge in [-0.05, 0) is 51.4 Å². The van der Waals surface area contributed by atoms with E-state index in [1.165, 1.54) is 0 Å². The normalized spacial score (nSPS) is 18.6. The number of hydrogen-bond donors (Lipinski definition) is 3. The maximum Gasteiger partial charge on any atom is 0.220 e. The van der Waals surface area contributed by atoms with Gasteiger partial charge < -0.3 is 25.4 Å². The summed E-state index contributed by atoms with van der Waals surface area (Å²) in [5, 5.41) is 9.57. The maximum absolute atomic E-state index is 11.6. The number of amides is 1. The van der Waals surface area contributed by atoms with Crippen molar-refractivity contribution < 1.29 is 14.3 Å². The first kappa shape index (κ1) is 21.0. The van der Waals surface area contributed by atoms with Crippen molar-refractivity contribution in [1.82, 2.24) is 16.0 Å². The van der Waals surface area contributed by atoms with Crippen molar-refractivity contribution in [3.05, 3.63) is 0 Å². The first-order valence-electron chi connectivity index (χ1n) is 10.2. The Kier molecular flexibility index (Phi) is 10.4. The van der Waals surface area contributed by atoms with Gasteiger partial charge in [0.25, 0.3) is 0 Å². The molecule has 1 saturated carbocycles. The molecule has 2 rings (SSSR count). The average Bonchev–Trinajstić information content (AvgIpc) is 3.46. The van der Waals surface area contributed by atoms with Gasteiger partial charge >= 0.3 is 0 Å². The van der Waals surface area contributed by atoms with E-state index in [4.69, 9.17) is 9.47 Å². The Bertz CT molecular complexity index is 421. The van der Waals surface area contributed by atoms with Gasteiger partial charge in [0.15, 0.2) is 5.96 Å². The lowest BCUT2D eigenvalue weighted by molar-refractivity contribution is -0.121. The van der Waals surface area contributed by atoms with Gasteiger partial charge in [-0.3, -0.25) is 9.79 Å². The minimum absolute atomic E-state index is 0.155. The molecule has 0 aromatic rings. The fraction of sp³-hybridized carbons (Fsp3) is 0.895. The van der Waals surface area contributed by atoms with Crippen molar-refractivity contribution in [2.45, 2.75) is 57.9 Å². The van der Waals surface area contributed by atoms with Crippen LogP contribution in [0, 0.1) is 5.92 Å². The van der Waals surface area contributed by atoms with Crippen molar-refractivity contribution >= 4 is 11.9 Å². The molecule has 1 amide bonds. The number of guanidine groups is 1. The number of nitrogens with one attached hydrogen (secondary N) is 3. The fourth-order valence-corrected chi connectivity index (χ4v) is 2.84. The summed E-state index contributed by atoms with van der Waals surface area (Å²) in [6.07, 6.45) is 6.80. The van der Waals surface area contributed by atoms with Crippen LogP contribution in [-0.2, 0) is 14.3 Å². The molecule has 0 radical (unpaired) electrons. The van der Waals surface area contributed by atoms with Gasteiger partial charge in [0.1, 0.15) is 0 Å². The molecule has 1 aliphatic carbocycles. The number of carbonyl (C=O) groups is 1. The van der Waals surface area contributed by atoms with Crippen molar-refractivity contribution in [2.75, 3.05) is 46.1 Å². The number of nitrogens with zero attached hydrogens (tertiary/aromatic N) is 1. The zero-order valence-corrected chi connectivity index (χ0v) is 16.2. The molecule has 1 aliphatic heterocycles. The molecule has 2 fully saturated rings. The standard InChI is InChI=1S/C19H36N4O3/c1-2-20-19(21-10-3-5-18(24)23-17-6-7-17)22-11-4-12-26-15-16-8-13-25-14-9-16/h16-17H,2-15H2,1H3,(H,23,24)(H2,20,21,22). The van der Waals surface area contributed by atoms with Crippen molar-refractivity contribution in [3.63, 3.8) is 0 Å². The van der Waals surface area contributed by atoms with Gasteiger partial charge in [-0.25, -0.2) is 0 Å². The molecule has 1 saturated heterocycles. The second-order valence-corrected chi connectivity index (χ2v) is 7.12. The summed E-state index contributed by atoms with van der Waals surface area (Å²) < 4.78 is 11.1. The van der Waals surface area contributed by atoms with E-state index < -0.39 is 0 Å². The Hall–Kier alpha value is -1.34. The number of aliphatic imine (C=N–C) groups is 1. The number of rotatable bonds is 12. The van der Waals surface area contributed by atoms with Gasteiger partial charge in [-0.15, -0.1) is 0 Å². The van der Waals surface area contributed by atoms with Crippen LogP contribution < -0.4 is 16.0 Å². The predicted octanol–water partition coefficient (Wildman–Crippen LogP) is 1.43. The minimum Gasteiger partial charge on any atom is -0.381 e. The van der Waals surface area contributed by atoms with Crippen LogP contribution in [0.5, 0.6) is 0 Å². The van der Waals surface area contributed by atoms with Gasteiger partial charge in [-0.2, -0.15) is 0 Å². The molecule has 0 spiro atoms. The Morgan fingerprint density at radius 3 is 2.69 bits per heavy atom. The SMILES string of the molecule is CCNC(=NCCCC(=O)NC1CC1)NCCCOCC1CCOCC1. The van der Waals surface area contributed by atoms with E-state index in [0.29, 0.717) is 24.9 Å². The summed E-state index contributed by atoms with van der Waals surface area (Å²) in [4.78, 5) is 16.2. The van der Waals surface area contributed by atoms with Crippen LogP contribution in [-0.4, -0.2) is 64.0 Å². The molecule has 26 heavy (non-hydrogen) atoms. The fourth-order valence-electron chi connectivity index (χ4n) is 2.84. The molecular weight excluding hydrogens is 332 g/mol. The summed E-state index contributed by atoms with van der Waals surface area (Å²) >= 11 is 0. The van der Waals surface area contributed by atoms with Crippen LogP contribution in [0.3, 0.4) is 0 Å². The van der Waals surface area contributed by atoms with Gasteiger partial charge in [0, 0.05) is 58.5 Å². The lowest BCUT2D eigenvalue weighted by Crippen LogP contribution is -2.38. The molecule has 0 aromatic heterocycles. The minimum atomic E-state index is 0.155. The Morgan fingerprint density at radius 2 is 1.96 bits per heavy atom. The zero-order chi connectivity index (χ0) is 18.5. The largest absolute Gasteiger partial charge is 0.381 e. The Labute approximate surface area is 157 Å². The van der Waals surface area contributed by atoms with E-state index in [1.54, 1.807) is 0 Å². The molecule has 3 N–H and O–H groups in total. The summed E-state index contributed by atoms with van der Waals surface area (Å²) in [6.45, 7) is 7.74. The smallest absolute Gasteiger partial charge is 0.220 e. The number of carbonyl (C=O) groups excluding carboxylic acids is 1. The van der Waals surface area contributed by atoms with E-state index in [0.717, 1.165) is 84.0 Å². The Balaban J connectivity index is 1.48. The third-order valence-electron chi connectivity index (χ3n) is 4.57. The summed E-state index contributed by atoms with van der Waals surface area (Å²) in [5.74, 6) is 1.63. The summed E-state index contributed by atoms with van der Waals surface area (Å²) in [5.41, 5.74) is 0. The topological polar surface area (TPSA) is 84.0 Å². The highest BCUT2D eigenvalue weighted by Gasteiger charge is 2.22. The van der Waals surface area contributed by atoms with Crippen LogP contribution in [0.15, 0.2) is 4.99 Å². The molecule has 0 aromatic carbocycles. The van der Waals surface area contributed by atoms with Crippen LogP contribution in [0.25, 0.3) is 0 Å². The second kappa shape index (κ2) is 12.9. The summed E-state index contributed by atoms with van der Waals surface area (Å²) in [7, 11) is 0. The van der Waals surface area contributed by atoms with Crippen molar-refractivity contribution in [2.24, 2.45) is 10.9 Å². The molecule has 7 heteroatoms. The lowest BCUT2D eigenvalue weighted by atomic mass is 10.0. The highest BCUT2D eigenvalue weighted by Crippen LogP contribution is 2.18. The molecule has 0 atom stereocenters. The molecule has 2 aliphatic rings. The third kappa shape index (κ3) is 9.97. The lowest BCUT2D eigenvalue weighted by Gasteiger charge is -2.21. The van der Waals surface area contributed by atoms with Crippen LogP contribution in [0.4, 0.5) is 0 Å². The van der Waals surface area contributed by atoms with E-state index in [2.05, 4.69) is 27.9 Å². The van der Waals surface area contributed by atoms with Gasteiger partial charge in [0.05, 0.1) is 0 Å². The first-order chi connectivity index (χ1) is 12.8. The first-order valence-corrected chi connectivity index (χ1v) is 10.2. The van der Waals surface area contributed by atoms with E-state index >= 15 is 0 Å². The third-order valence-corrected chi connectivity index (χ3v) is 4.57. The molecule has 150 valence electrons. The number of hydrogen-bond acceptors (Lipinski definition) is 4. The number of ether oxygens (including phenoxy) is 2. The van der Waals surface area contributed by atoms with Crippen LogP contribution >= 0.6 is 0 Å². The van der Waals surface area contributed by atoms with E-state index in [9.17, 15) is 4.79 Å².